The van der Waals surface area contributed by atoms with Crippen molar-refractivity contribution in [3.63, 3.8) is 0 Å². The summed E-state index contributed by atoms with van der Waals surface area (Å²) in [7, 11) is 0. The number of nitrogens with zero attached hydrogens (tertiary/aromatic N) is 2. The molecule has 1 aromatic heterocycles. The minimum atomic E-state index is -1.22. The van der Waals surface area contributed by atoms with Gasteiger partial charge in [0.05, 0.1) is 12.0 Å². The van der Waals surface area contributed by atoms with Crippen molar-refractivity contribution in [3.05, 3.63) is 47.8 Å². The second-order valence-corrected chi connectivity index (χ2v) is 7.02. The van der Waals surface area contributed by atoms with E-state index in [1.165, 1.54) is 6.20 Å². The zero-order valence-corrected chi connectivity index (χ0v) is 15.6. The zero-order valence-electron chi connectivity index (χ0n) is 15.6. The van der Waals surface area contributed by atoms with Crippen molar-refractivity contribution in [2.45, 2.75) is 38.4 Å². The highest BCUT2D eigenvalue weighted by Gasteiger charge is 2.54. The number of anilines is 1. The van der Waals surface area contributed by atoms with Gasteiger partial charge in [-0.05, 0) is 43.5 Å². The number of amides is 3. The van der Waals surface area contributed by atoms with Crippen molar-refractivity contribution in [2.75, 3.05) is 5.73 Å². The van der Waals surface area contributed by atoms with E-state index in [1.807, 2.05) is 19.1 Å². The Bertz CT molecular complexity index is 866. The highest BCUT2D eigenvalue weighted by atomic mass is 16.4. The van der Waals surface area contributed by atoms with Crippen LogP contribution in [0.2, 0.25) is 0 Å². The molecule has 0 saturated carbocycles. The van der Waals surface area contributed by atoms with Crippen LogP contribution in [0.15, 0.2) is 42.3 Å². The molecular formula is C19H23N5O4. The number of nitrogens with one attached hydrogen (secondary N) is 2. The molecule has 3 amide bonds. The second-order valence-electron chi connectivity index (χ2n) is 7.02. The molecule has 2 aliphatic heterocycles. The molecule has 3 rings (SSSR count). The first-order valence-electron chi connectivity index (χ1n) is 8.99. The molecule has 1 saturated heterocycles. The van der Waals surface area contributed by atoms with Gasteiger partial charge in [0.2, 0.25) is 5.91 Å². The number of carboxylic acid groups (broad SMARTS) is 1. The summed E-state index contributed by atoms with van der Waals surface area (Å²) in [4.78, 5) is 41.4. The highest BCUT2D eigenvalue weighted by Crippen LogP contribution is 2.31. The number of nitrogen functional groups attached to an aromatic ring is 1. The van der Waals surface area contributed by atoms with E-state index in [1.54, 1.807) is 25.3 Å². The first kappa shape index (κ1) is 19.4. The summed E-state index contributed by atoms with van der Waals surface area (Å²) in [6.07, 6.45) is 7.30. The number of carbonyl (C=O) groups excluding carboxylic acids is 2. The number of hydrogen-bond donors (Lipinski definition) is 4. The monoisotopic (exact) mass is 385 g/mol. The molecule has 1 fully saturated rings. The van der Waals surface area contributed by atoms with Gasteiger partial charge >= 0.3 is 12.0 Å². The van der Waals surface area contributed by atoms with Gasteiger partial charge in [-0.1, -0.05) is 12.2 Å². The maximum absolute atomic E-state index is 12.5. The number of likely N-dealkylation sites (tertiary alicyclic amines) is 1. The fourth-order valence-corrected chi connectivity index (χ4v) is 3.33. The molecule has 148 valence electrons. The maximum Gasteiger partial charge on any atom is 0.327 e. The van der Waals surface area contributed by atoms with Crippen LogP contribution in [0, 0.1) is 5.92 Å². The first-order chi connectivity index (χ1) is 13.3. The van der Waals surface area contributed by atoms with Crippen LogP contribution in [0.1, 0.15) is 19.4 Å². The van der Waals surface area contributed by atoms with Gasteiger partial charge in [0, 0.05) is 18.4 Å². The minimum absolute atomic E-state index is 0.178. The van der Waals surface area contributed by atoms with Crippen molar-refractivity contribution in [1.29, 1.82) is 0 Å². The number of hydrogen-bond acceptors (Lipinski definition) is 6. The van der Waals surface area contributed by atoms with Crippen LogP contribution in [0.25, 0.3) is 0 Å². The van der Waals surface area contributed by atoms with E-state index in [-0.39, 0.29) is 24.3 Å². The first-order valence-corrected chi connectivity index (χ1v) is 8.99. The van der Waals surface area contributed by atoms with Crippen LogP contribution in [0.4, 0.5) is 10.6 Å². The topological polar surface area (TPSA) is 138 Å². The van der Waals surface area contributed by atoms with Crippen molar-refractivity contribution < 1.29 is 19.5 Å². The molecule has 0 aromatic carbocycles. The Morgan fingerprint density at radius 3 is 2.82 bits per heavy atom. The van der Waals surface area contributed by atoms with E-state index in [2.05, 4.69) is 15.6 Å². The number of aliphatic carboxylic acids is 1. The number of β-lactam (4-membered cyclic amide) rings is 1. The zero-order chi connectivity index (χ0) is 20.4. The third kappa shape index (κ3) is 3.83. The number of rotatable bonds is 5. The Balaban J connectivity index is 1.68. The van der Waals surface area contributed by atoms with Crippen LogP contribution < -0.4 is 16.4 Å². The van der Waals surface area contributed by atoms with Crippen LogP contribution in [-0.4, -0.2) is 51.0 Å². The Morgan fingerprint density at radius 1 is 1.46 bits per heavy atom. The van der Waals surface area contributed by atoms with Gasteiger partial charge in [-0.15, -0.1) is 0 Å². The van der Waals surface area contributed by atoms with E-state index < -0.39 is 29.9 Å². The lowest BCUT2D eigenvalue weighted by Crippen LogP contribution is -2.69. The average Bonchev–Trinajstić information content (AvgIpc) is 2.63. The van der Waals surface area contributed by atoms with Crippen LogP contribution in [0.3, 0.4) is 0 Å². The average molecular weight is 385 g/mol. The van der Waals surface area contributed by atoms with E-state index >= 15 is 0 Å². The van der Waals surface area contributed by atoms with Gasteiger partial charge in [-0.3, -0.25) is 4.79 Å². The molecule has 0 spiro atoms. The van der Waals surface area contributed by atoms with Gasteiger partial charge in [0.1, 0.15) is 5.82 Å². The third-order valence-electron chi connectivity index (χ3n) is 4.92. The highest BCUT2D eigenvalue weighted by molar-refractivity contribution is 6.07. The van der Waals surface area contributed by atoms with Crippen molar-refractivity contribution in [1.82, 2.24) is 20.5 Å². The van der Waals surface area contributed by atoms with Gasteiger partial charge in [0.25, 0.3) is 0 Å². The molecule has 1 aromatic rings. The molecule has 9 nitrogen and oxygen atoms in total. The Labute approximate surface area is 162 Å². The quantitative estimate of drug-likeness (QED) is 0.546. The lowest BCUT2D eigenvalue weighted by Gasteiger charge is -2.43. The largest absolute Gasteiger partial charge is 0.480 e. The normalized spacial score (nSPS) is 24.6. The maximum atomic E-state index is 12.5. The summed E-state index contributed by atoms with van der Waals surface area (Å²) in [5.41, 5.74) is 7.16. The fourth-order valence-electron chi connectivity index (χ4n) is 3.33. The van der Waals surface area contributed by atoms with Gasteiger partial charge in [-0.2, -0.15) is 0 Å². The Hall–Kier alpha value is -3.36. The third-order valence-corrected chi connectivity index (χ3v) is 4.92. The number of urea groups is 1. The van der Waals surface area contributed by atoms with E-state index in [0.717, 1.165) is 10.5 Å². The number of carboxylic acids is 1. The van der Waals surface area contributed by atoms with Gasteiger partial charge in [-0.25, -0.2) is 19.5 Å². The molecule has 2 unspecified atom stereocenters. The summed E-state index contributed by atoms with van der Waals surface area (Å²) < 4.78 is 0. The lowest BCUT2D eigenvalue weighted by molar-refractivity contribution is -0.165. The van der Waals surface area contributed by atoms with Crippen LogP contribution >= 0.6 is 0 Å². The summed E-state index contributed by atoms with van der Waals surface area (Å²) >= 11 is 0. The predicted octanol–water partition coefficient (Wildman–Crippen LogP) is 0.648. The number of imide groups is 1. The smallest absolute Gasteiger partial charge is 0.327 e. The molecule has 4 atom stereocenters. The molecule has 3 heterocycles. The molecule has 2 aliphatic rings. The Kier molecular flexibility index (Phi) is 5.34. The van der Waals surface area contributed by atoms with E-state index in [0.29, 0.717) is 5.56 Å². The van der Waals surface area contributed by atoms with E-state index in [4.69, 9.17) is 5.73 Å². The number of carbonyl (C=O) groups is 3. The summed E-state index contributed by atoms with van der Waals surface area (Å²) in [6, 6.07) is 1.13. The van der Waals surface area contributed by atoms with Crippen molar-refractivity contribution in [3.8, 4) is 0 Å². The SMILES string of the molecule is CC1C=CC(C(C)NC(=O)N2C(=O)[C@H](Cc3ccnc(N)c3)[C@H]2C(=O)O)=CN1. The minimum Gasteiger partial charge on any atom is -0.480 e. The molecule has 5 N–H and O–H groups in total. The van der Waals surface area contributed by atoms with E-state index in [9.17, 15) is 19.5 Å². The predicted molar refractivity (Wildman–Crippen MR) is 102 cm³/mol. The lowest BCUT2D eigenvalue weighted by atomic mass is 9.82. The van der Waals surface area contributed by atoms with Gasteiger partial charge in [0.15, 0.2) is 6.04 Å². The molecule has 0 bridgehead atoms. The molecule has 28 heavy (non-hydrogen) atoms. The molecule has 9 heteroatoms. The van der Waals surface area contributed by atoms with Crippen LogP contribution in [-0.2, 0) is 16.0 Å². The number of dihydropyridines is 1. The fraction of sp³-hybridized carbons (Fsp3) is 0.368. The summed E-state index contributed by atoms with van der Waals surface area (Å²) in [5, 5.41) is 15.4. The van der Waals surface area contributed by atoms with Crippen LogP contribution in [0.5, 0.6) is 0 Å². The standard InChI is InChI=1S/C19H23N5O4/c1-10-3-4-13(9-22-10)11(2)23-19(28)24-16(18(26)27)14(17(24)25)7-12-5-6-21-15(20)8-12/h3-6,8-11,14,16,22H,7H2,1-2H3,(H2,20,21)(H,23,28)(H,26,27)/t10?,11?,14-,16+/m1/s1. The number of nitrogens with two attached hydrogens (primary N) is 1. The summed E-state index contributed by atoms with van der Waals surface area (Å²) in [5.74, 6) is -2.28. The Morgan fingerprint density at radius 2 is 2.21 bits per heavy atom. The van der Waals surface area contributed by atoms with Gasteiger partial charge < -0.3 is 21.5 Å². The second kappa shape index (κ2) is 7.71. The molecule has 0 aliphatic carbocycles. The molecular weight excluding hydrogens is 362 g/mol. The van der Waals surface area contributed by atoms with Crippen molar-refractivity contribution in [2.24, 2.45) is 5.92 Å². The van der Waals surface area contributed by atoms with Crippen molar-refractivity contribution >= 4 is 23.7 Å². The number of aromatic nitrogens is 1. The summed E-state index contributed by atoms with van der Waals surface area (Å²) in [6.45, 7) is 3.75. The number of pyridine rings is 1. The molecule has 0 radical (unpaired) electrons.